The molecule has 108 valence electrons. The Morgan fingerprint density at radius 1 is 1.25 bits per heavy atom. The van der Waals surface area contributed by atoms with E-state index in [9.17, 15) is 14.9 Å². The van der Waals surface area contributed by atoms with Crippen molar-refractivity contribution in [3.63, 3.8) is 0 Å². The van der Waals surface area contributed by atoms with E-state index < -0.39 is 10.8 Å². The molecule has 0 spiro atoms. The molecule has 2 rings (SSSR count). The van der Waals surface area contributed by atoms with Gasteiger partial charge in [-0.05, 0) is 25.0 Å². The van der Waals surface area contributed by atoms with E-state index in [1.165, 1.54) is 6.07 Å². The van der Waals surface area contributed by atoms with E-state index in [4.69, 9.17) is 5.84 Å². The lowest BCUT2D eigenvalue weighted by molar-refractivity contribution is -0.384. The topological polar surface area (TPSA) is 102 Å². The standard InChI is InChI=1S/C13H18N4O3/c14-15-13(18)10-5-6-11(12(9-10)17(19)20)16-7-3-1-2-4-8-16/h5-6,9H,1-4,7-8,14H2,(H,15,18). The summed E-state index contributed by atoms with van der Waals surface area (Å²) in [6, 6.07) is 4.48. The molecule has 1 aromatic rings. The van der Waals surface area contributed by atoms with Gasteiger partial charge < -0.3 is 4.90 Å². The lowest BCUT2D eigenvalue weighted by atomic mass is 10.1. The van der Waals surface area contributed by atoms with E-state index in [1.54, 1.807) is 12.1 Å². The summed E-state index contributed by atoms with van der Waals surface area (Å²) in [4.78, 5) is 24.3. The molecule has 0 bridgehead atoms. The van der Waals surface area contributed by atoms with Crippen molar-refractivity contribution in [2.45, 2.75) is 25.7 Å². The minimum atomic E-state index is -0.532. The van der Waals surface area contributed by atoms with Crippen LogP contribution in [0.4, 0.5) is 11.4 Å². The van der Waals surface area contributed by atoms with Crippen LogP contribution < -0.4 is 16.2 Å². The van der Waals surface area contributed by atoms with E-state index in [1.807, 2.05) is 10.3 Å². The zero-order valence-corrected chi connectivity index (χ0v) is 11.2. The quantitative estimate of drug-likeness (QED) is 0.378. The highest BCUT2D eigenvalue weighted by Gasteiger charge is 2.22. The van der Waals surface area contributed by atoms with Gasteiger partial charge in [-0.15, -0.1) is 0 Å². The van der Waals surface area contributed by atoms with Crippen LogP contribution in [0.2, 0.25) is 0 Å². The Morgan fingerprint density at radius 2 is 1.90 bits per heavy atom. The van der Waals surface area contributed by atoms with Gasteiger partial charge in [0.05, 0.1) is 4.92 Å². The fourth-order valence-corrected chi connectivity index (χ4v) is 2.47. The fourth-order valence-electron chi connectivity index (χ4n) is 2.47. The Kier molecular flexibility index (Phi) is 4.52. The summed E-state index contributed by atoms with van der Waals surface area (Å²) < 4.78 is 0. The minimum Gasteiger partial charge on any atom is -0.366 e. The number of nitrogen functional groups attached to an aromatic ring is 1. The van der Waals surface area contributed by atoms with Gasteiger partial charge in [-0.1, -0.05) is 12.8 Å². The Morgan fingerprint density at radius 3 is 2.45 bits per heavy atom. The van der Waals surface area contributed by atoms with Crippen molar-refractivity contribution in [1.29, 1.82) is 0 Å². The fraction of sp³-hybridized carbons (Fsp3) is 0.462. The van der Waals surface area contributed by atoms with Crippen LogP contribution in [-0.2, 0) is 0 Å². The Hall–Kier alpha value is -2.15. The molecule has 0 radical (unpaired) electrons. The highest BCUT2D eigenvalue weighted by molar-refractivity contribution is 5.95. The van der Waals surface area contributed by atoms with E-state index in [0.29, 0.717) is 5.69 Å². The second kappa shape index (κ2) is 6.33. The molecule has 0 saturated carbocycles. The molecule has 1 saturated heterocycles. The van der Waals surface area contributed by atoms with Crippen molar-refractivity contribution in [2.75, 3.05) is 18.0 Å². The largest absolute Gasteiger partial charge is 0.366 e. The lowest BCUT2D eigenvalue weighted by Crippen LogP contribution is -2.30. The van der Waals surface area contributed by atoms with Gasteiger partial charge in [0, 0.05) is 24.7 Å². The minimum absolute atomic E-state index is 0.0481. The first-order valence-electron chi connectivity index (χ1n) is 6.68. The van der Waals surface area contributed by atoms with Crippen molar-refractivity contribution < 1.29 is 9.72 Å². The number of amides is 1. The molecule has 1 aromatic carbocycles. The molecule has 0 atom stereocenters. The monoisotopic (exact) mass is 278 g/mol. The van der Waals surface area contributed by atoms with Crippen LogP contribution in [0.5, 0.6) is 0 Å². The molecular formula is C13H18N4O3. The van der Waals surface area contributed by atoms with Gasteiger partial charge in [-0.3, -0.25) is 20.3 Å². The van der Waals surface area contributed by atoms with Crippen molar-refractivity contribution in [2.24, 2.45) is 5.84 Å². The number of rotatable bonds is 3. The molecule has 20 heavy (non-hydrogen) atoms. The molecule has 1 amide bonds. The first-order chi connectivity index (χ1) is 9.63. The average Bonchev–Trinajstić information content (AvgIpc) is 2.74. The maximum Gasteiger partial charge on any atom is 0.293 e. The summed E-state index contributed by atoms with van der Waals surface area (Å²) >= 11 is 0. The van der Waals surface area contributed by atoms with Crippen LogP contribution in [0.1, 0.15) is 36.0 Å². The van der Waals surface area contributed by atoms with Gasteiger partial charge in [0.15, 0.2) is 0 Å². The number of nitrogens with zero attached hydrogens (tertiary/aromatic N) is 2. The number of hydrogen-bond acceptors (Lipinski definition) is 5. The van der Waals surface area contributed by atoms with E-state index >= 15 is 0 Å². The van der Waals surface area contributed by atoms with E-state index in [2.05, 4.69) is 0 Å². The summed E-state index contributed by atoms with van der Waals surface area (Å²) in [6.45, 7) is 1.62. The van der Waals surface area contributed by atoms with Gasteiger partial charge in [0.2, 0.25) is 0 Å². The normalized spacial score (nSPS) is 15.6. The molecule has 1 aliphatic rings. The molecule has 0 aliphatic carbocycles. The number of hydrogen-bond donors (Lipinski definition) is 2. The number of nitro groups is 1. The van der Waals surface area contributed by atoms with Crippen molar-refractivity contribution in [3.05, 3.63) is 33.9 Å². The van der Waals surface area contributed by atoms with Gasteiger partial charge in [-0.2, -0.15) is 0 Å². The van der Waals surface area contributed by atoms with Gasteiger partial charge in [0.25, 0.3) is 11.6 Å². The van der Waals surface area contributed by atoms with Crippen molar-refractivity contribution >= 4 is 17.3 Å². The molecule has 1 aliphatic heterocycles. The second-order valence-corrected chi connectivity index (χ2v) is 4.84. The number of nitro benzene ring substituents is 1. The Bertz CT molecular complexity index is 510. The Labute approximate surface area is 116 Å². The van der Waals surface area contributed by atoms with Gasteiger partial charge in [-0.25, -0.2) is 5.84 Å². The van der Waals surface area contributed by atoms with Crippen molar-refractivity contribution in [1.82, 2.24) is 5.43 Å². The zero-order valence-electron chi connectivity index (χ0n) is 11.2. The summed E-state index contributed by atoms with van der Waals surface area (Å²) in [6.07, 6.45) is 4.36. The third-order valence-corrected chi connectivity index (χ3v) is 3.51. The SMILES string of the molecule is NNC(=O)c1ccc(N2CCCCCC2)c([N+](=O)[O-])c1. The van der Waals surface area contributed by atoms with Crippen LogP contribution in [-0.4, -0.2) is 23.9 Å². The van der Waals surface area contributed by atoms with Crippen LogP contribution in [0.3, 0.4) is 0 Å². The first kappa shape index (κ1) is 14.3. The number of anilines is 1. The highest BCUT2D eigenvalue weighted by Crippen LogP contribution is 2.30. The molecule has 1 fully saturated rings. The first-order valence-corrected chi connectivity index (χ1v) is 6.68. The molecule has 7 nitrogen and oxygen atoms in total. The second-order valence-electron chi connectivity index (χ2n) is 4.84. The van der Waals surface area contributed by atoms with Crippen LogP contribution in [0.15, 0.2) is 18.2 Å². The summed E-state index contributed by atoms with van der Waals surface area (Å²) in [5.41, 5.74) is 2.70. The molecular weight excluding hydrogens is 260 g/mol. The number of nitrogens with one attached hydrogen (secondary N) is 1. The number of benzene rings is 1. The summed E-state index contributed by atoms with van der Waals surface area (Å²) in [5, 5.41) is 11.2. The zero-order chi connectivity index (χ0) is 14.5. The van der Waals surface area contributed by atoms with Crippen molar-refractivity contribution in [3.8, 4) is 0 Å². The van der Waals surface area contributed by atoms with Crippen LogP contribution in [0.25, 0.3) is 0 Å². The number of nitrogens with two attached hydrogens (primary N) is 1. The molecule has 7 heteroatoms. The predicted molar refractivity (Wildman–Crippen MR) is 75.4 cm³/mol. The third-order valence-electron chi connectivity index (χ3n) is 3.51. The van der Waals surface area contributed by atoms with Crippen LogP contribution in [0, 0.1) is 10.1 Å². The van der Waals surface area contributed by atoms with Gasteiger partial charge in [0.1, 0.15) is 5.69 Å². The lowest BCUT2D eigenvalue weighted by Gasteiger charge is -2.22. The molecule has 1 heterocycles. The predicted octanol–water partition coefficient (Wildman–Crippen LogP) is 1.58. The van der Waals surface area contributed by atoms with E-state index in [0.717, 1.165) is 38.8 Å². The molecule has 0 unspecified atom stereocenters. The summed E-state index contributed by atoms with van der Waals surface area (Å²) in [7, 11) is 0. The van der Waals surface area contributed by atoms with Gasteiger partial charge >= 0.3 is 0 Å². The highest BCUT2D eigenvalue weighted by atomic mass is 16.6. The van der Waals surface area contributed by atoms with E-state index in [-0.39, 0.29) is 11.3 Å². The third kappa shape index (κ3) is 3.05. The number of carbonyl (C=O) groups is 1. The summed E-state index contributed by atoms with van der Waals surface area (Å²) in [5.74, 6) is 4.52. The molecule has 3 N–H and O–H groups in total. The molecule has 0 aromatic heterocycles. The number of hydrazine groups is 1. The average molecular weight is 278 g/mol. The maximum atomic E-state index is 11.5. The van der Waals surface area contributed by atoms with Crippen LogP contribution >= 0.6 is 0 Å². The number of carbonyl (C=O) groups excluding carboxylic acids is 1. The smallest absolute Gasteiger partial charge is 0.293 e. The Balaban J connectivity index is 2.36. The maximum absolute atomic E-state index is 11.5.